The van der Waals surface area contributed by atoms with Crippen molar-refractivity contribution in [3.63, 3.8) is 0 Å². The van der Waals surface area contributed by atoms with Crippen LogP contribution in [0.15, 0.2) is 39.2 Å². The van der Waals surface area contributed by atoms with Crippen LogP contribution in [0.4, 0.5) is 0 Å². The van der Waals surface area contributed by atoms with Crippen LogP contribution in [0, 0.1) is 6.92 Å². The predicted octanol–water partition coefficient (Wildman–Crippen LogP) is 4.22. The van der Waals surface area contributed by atoms with Crippen LogP contribution >= 0.6 is 15.9 Å². The van der Waals surface area contributed by atoms with E-state index in [1.807, 2.05) is 31.2 Å². The third kappa shape index (κ3) is 2.09. The second-order valence-electron chi connectivity index (χ2n) is 3.68. The summed E-state index contributed by atoms with van der Waals surface area (Å²) in [6.07, 6.45) is 0. The summed E-state index contributed by atoms with van der Waals surface area (Å²) in [6, 6.07) is 9.50. The lowest BCUT2D eigenvalue weighted by atomic mass is 10.1. The van der Waals surface area contributed by atoms with Crippen molar-refractivity contribution in [3.8, 4) is 11.3 Å². The van der Waals surface area contributed by atoms with Gasteiger partial charge in [-0.15, -0.1) is 0 Å². The Morgan fingerprint density at radius 1 is 1.25 bits per heavy atom. The monoisotopic (exact) mass is 278 g/mol. The molecule has 0 N–H and O–H groups in total. The van der Waals surface area contributed by atoms with E-state index in [9.17, 15) is 4.79 Å². The van der Waals surface area contributed by atoms with Crippen LogP contribution in [-0.4, -0.2) is 5.78 Å². The summed E-state index contributed by atoms with van der Waals surface area (Å²) >= 11 is 3.42. The van der Waals surface area contributed by atoms with Crippen LogP contribution in [0.25, 0.3) is 11.3 Å². The smallest absolute Gasteiger partial charge is 0.194 e. The molecule has 82 valence electrons. The van der Waals surface area contributed by atoms with Crippen molar-refractivity contribution in [1.29, 1.82) is 0 Å². The summed E-state index contributed by atoms with van der Waals surface area (Å²) in [5.74, 6) is 1.07. The van der Waals surface area contributed by atoms with Gasteiger partial charge in [0, 0.05) is 17.0 Å². The molecule has 0 aliphatic heterocycles. The predicted molar refractivity (Wildman–Crippen MR) is 66.6 cm³/mol. The molecule has 1 heterocycles. The second kappa shape index (κ2) is 4.26. The van der Waals surface area contributed by atoms with Crippen LogP contribution in [0.2, 0.25) is 0 Å². The molecule has 2 nitrogen and oxygen atoms in total. The molecule has 2 rings (SSSR count). The van der Waals surface area contributed by atoms with E-state index >= 15 is 0 Å². The number of hydrogen-bond donors (Lipinski definition) is 0. The molecule has 0 aliphatic rings. The van der Waals surface area contributed by atoms with Gasteiger partial charge in [-0.25, -0.2) is 0 Å². The number of furan rings is 1. The molecule has 0 atom stereocenters. The van der Waals surface area contributed by atoms with Crippen molar-refractivity contribution in [2.45, 2.75) is 13.8 Å². The van der Waals surface area contributed by atoms with E-state index < -0.39 is 0 Å². The van der Waals surface area contributed by atoms with Crippen molar-refractivity contribution in [2.75, 3.05) is 0 Å². The van der Waals surface area contributed by atoms with Gasteiger partial charge < -0.3 is 4.42 Å². The Hall–Kier alpha value is -1.35. The number of hydrogen-bond acceptors (Lipinski definition) is 2. The number of Topliss-reactive ketones (excluding diaryl/α,β-unsaturated/α-hetero) is 1. The molecule has 0 saturated heterocycles. The first kappa shape index (κ1) is 11.1. The van der Waals surface area contributed by atoms with Crippen molar-refractivity contribution < 1.29 is 9.21 Å². The number of carbonyl (C=O) groups is 1. The van der Waals surface area contributed by atoms with Crippen molar-refractivity contribution in [1.82, 2.24) is 0 Å². The maximum atomic E-state index is 11.1. The van der Waals surface area contributed by atoms with Gasteiger partial charge in [-0.1, -0.05) is 22.0 Å². The fourth-order valence-electron chi connectivity index (χ4n) is 1.53. The summed E-state index contributed by atoms with van der Waals surface area (Å²) in [4.78, 5) is 11.1. The first-order chi connectivity index (χ1) is 7.58. The molecule has 0 fully saturated rings. The summed E-state index contributed by atoms with van der Waals surface area (Å²) in [5, 5.41) is 0. The Bertz CT molecular complexity index is 541. The highest BCUT2D eigenvalue weighted by atomic mass is 79.9. The molecule has 0 radical (unpaired) electrons. The molecule has 0 bridgehead atoms. The zero-order valence-electron chi connectivity index (χ0n) is 9.08. The van der Waals surface area contributed by atoms with Gasteiger partial charge in [0.1, 0.15) is 5.76 Å². The lowest BCUT2D eigenvalue weighted by Crippen LogP contribution is -1.86. The Labute approximate surface area is 102 Å². The first-order valence-corrected chi connectivity index (χ1v) is 5.74. The highest BCUT2D eigenvalue weighted by Gasteiger charge is 2.10. The van der Waals surface area contributed by atoms with Crippen molar-refractivity contribution in [2.24, 2.45) is 0 Å². The second-order valence-corrected chi connectivity index (χ2v) is 4.60. The molecule has 2 aromatic rings. The summed E-state index contributed by atoms with van der Waals surface area (Å²) < 4.78 is 6.49. The third-order valence-electron chi connectivity index (χ3n) is 2.42. The Kier molecular flexibility index (Phi) is 2.97. The minimum absolute atomic E-state index is 0.0566. The lowest BCUT2D eigenvalue weighted by molar-refractivity contribution is 0.0988. The SMILES string of the molecule is CC(=O)c1ccc(-c2cc(Br)ccc2C)o1. The van der Waals surface area contributed by atoms with Gasteiger partial charge in [0.15, 0.2) is 11.5 Å². The molecule has 0 saturated carbocycles. The minimum Gasteiger partial charge on any atom is -0.453 e. The molecule has 3 heteroatoms. The molecule has 16 heavy (non-hydrogen) atoms. The van der Waals surface area contributed by atoms with E-state index in [2.05, 4.69) is 15.9 Å². The fourth-order valence-corrected chi connectivity index (χ4v) is 1.89. The highest BCUT2D eigenvalue weighted by molar-refractivity contribution is 9.10. The first-order valence-electron chi connectivity index (χ1n) is 4.95. The van der Waals surface area contributed by atoms with E-state index in [-0.39, 0.29) is 5.78 Å². The van der Waals surface area contributed by atoms with Gasteiger partial charge in [0.2, 0.25) is 0 Å². The van der Waals surface area contributed by atoms with E-state index in [1.165, 1.54) is 6.92 Å². The standard InChI is InChI=1S/C13H11BrO2/c1-8-3-4-10(14)7-11(8)13-6-5-12(16-13)9(2)15/h3-7H,1-2H3. The maximum absolute atomic E-state index is 11.1. The van der Waals surface area contributed by atoms with E-state index in [0.717, 1.165) is 21.4 Å². The number of ketones is 1. The van der Waals surface area contributed by atoms with Gasteiger partial charge in [-0.05, 0) is 36.8 Å². The average Bonchev–Trinajstić information content (AvgIpc) is 2.70. The van der Waals surface area contributed by atoms with Crippen molar-refractivity contribution in [3.05, 3.63) is 46.1 Å². The normalized spacial score (nSPS) is 10.4. The number of carbonyl (C=O) groups excluding carboxylic acids is 1. The van der Waals surface area contributed by atoms with Crippen LogP contribution in [0.5, 0.6) is 0 Å². The fraction of sp³-hybridized carbons (Fsp3) is 0.154. The van der Waals surface area contributed by atoms with Crippen LogP contribution < -0.4 is 0 Å². The van der Waals surface area contributed by atoms with Gasteiger partial charge in [-0.2, -0.15) is 0 Å². The van der Waals surface area contributed by atoms with Crippen molar-refractivity contribution >= 4 is 21.7 Å². The van der Waals surface area contributed by atoms with Crippen LogP contribution in [0.3, 0.4) is 0 Å². The number of rotatable bonds is 2. The molecule has 1 aromatic heterocycles. The van der Waals surface area contributed by atoms with E-state index in [1.54, 1.807) is 6.07 Å². The Morgan fingerprint density at radius 3 is 2.62 bits per heavy atom. The zero-order chi connectivity index (χ0) is 11.7. The van der Waals surface area contributed by atoms with Gasteiger partial charge in [0.05, 0.1) is 0 Å². The van der Waals surface area contributed by atoms with Gasteiger partial charge in [-0.3, -0.25) is 4.79 Å². The average molecular weight is 279 g/mol. The Morgan fingerprint density at radius 2 is 2.00 bits per heavy atom. The van der Waals surface area contributed by atoms with Gasteiger partial charge in [0.25, 0.3) is 0 Å². The molecular weight excluding hydrogens is 268 g/mol. The molecular formula is C13H11BrO2. The molecule has 0 unspecified atom stereocenters. The summed E-state index contributed by atoms with van der Waals surface area (Å²) in [6.45, 7) is 3.51. The molecule has 1 aromatic carbocycles. The number of benzene rings is 1. The largest absolute Gasteiger partial charge is 0.453 e. The topological polar surface area (TPSA) is 30.2 Å². The number of halogens is 1. The maximum Gasteiger partial charge on any atom is 0.194 e. The third-order valence-corrected chi connectivity index (χ3v) is 2.91. The Balaban J connectivity index is 2.50. The highest BCUT2D eigenvalue weighted by Crippen LogP contribution is 2.28. The van der Waals surface area contributed by atoms with E-state index in [0.29, 0.717) is 5.76 Å². The lowest BCUT2D eigenvalue weighted by Gasteiger charge is -2.02. The minimum atomic E-state index is -0.0566. The summed E-state index contributed by atoms with van der Waals surface area (Å²) in [5.41, 5.74) is 2.12. The molecule has 0 amide bonds. The molecule has 0 aliphatic carbocycles. The quantitative estimate of drug-likeness (QED) is 0.770. The van der Waals surface area contributed by atoms with E-state index in [4.69, 9.17) is 4.42 Å². The summed E-state index contributed by atoms with van der Waals surface area (Å²) in [7, 11) is 0. The molecule has 0 spiro atoms. The zero-order valence-corrected chi connectivity index (χ0v) is 10.7. The van der Waals surface area contributed by atoms with Crippen LogP contribution in [-0.2, 0) is 0 Å². The van der Waals surface area contributed by atoms with Gasteiger partial charge >= 0.3 is 0 Å². The number of aryl methyl sites for hydroxylation is 1. The van der Waals surface area contributed by atoms with Crippen LogP contribution in [0.1, 0.15) is 23.0 Å².